The number of nitrogens with zero attached hydrogens (tertiary/aromatic N) is 1. The van der Waals surface area contributed by atoms with Gasteiger partial charge in [0.15, 0.2) is 0 Å². The number of hydrogen-bond acceptors (Lipinski definition) is 6. The summed E-state index contributed by atoms with van der Waals surface area (Å²) in [4.78, 5) is 24.1. The van der Waals surface area contributed by atoms with Gasteiger partial charge in [0.1, 0.15) is 12.4 Å². The summed E-state index contributed by atoms with van der Waals surface area (Å²) in [5.74, 6) is -2.08. The summed E-state index contributed by atoms with van der Waals surface area (Å²) in [6, 6.07) is 10.9. The highest BCUT2D eigenvalue weighted by molar-refractivity contribution is 7.89. The van der Waals surface area contributed by atoms with E-state index in [0.29, 0.717) is 6.42 Å². The van der Waals surface area contributed by atoms with Crippen molar-refractivity contribution in [2.75, 3.05) is 39.5 Å². The van der Waals surface area contributed by atoms with E-state index in [1.807, 2.05) is 31.2 Å². The van der Waals surface area contributed by atoms with Gasteiger partial charge in [-0.25, -0.2) is 17.6 Å². The highest BCUT2D eigenvalue weighted by Crippen LogP contribution is 2.21. The molecule has 1 heterocycles. The van der Waals surface area contributed by atoms with Crippen molar-refractivity contribution in [1.29, 1.82) is 0 Å². The van der Waals surface area contributed by atoms with Gasteiger partial charge in [0, 0.05) is 19.5 Å². The molecular formula is C23H27FN2O6S. The van der Waals surface area contributed by atoms with Crippen LogP contribution in [0.2, 0.25) is 0 Å². The molecule has 1 amide bonds. The van der Waals surface area contributed by atoms with E-state index in [-0.39, 0.29) is 56.7 Å². The second-order valence-corrected chi connectivity index (χ2v) is 9.57. The van der Waals surface area contributed by atoms with E-state index < -0.39 is 27.4 Å². The maximum absolute atomic E-state index is 14.2. The predicted octanol–water partition coefficient (Wildman–Crippen LogP) is 2.06. The zero-order chi connectivity index (χ0) is 23.8. The molecule has 33 heavy (non-hydrogen) atoms. The minimum Gasteiger partial charge on any atom is -0.460 e. The molecular weight excluding hydrogens is 451 g/mol. The Balaban J connectivity index is 1.49. The number of sulfonamides is 1. The smallest absolute Gasteiger partial charge is 0.341 e. The molecule has 1 aliphatic heterocycles. The van der Waals surface area contributed by atoms with E-state index in [1.54, 1.807) is 0 Å². The van der Waals surface area contributed by atoms with Crippen molar-refractivity contribution in [3.05, 3.63) is 65.0 Å². The molecule has 1 fully saturated rings. The number of carbonyl (C=O) groups excluding carboxylic acids is 2. The van der Waals surface area contributed by atoms with Gasteiger partial charge in [0.05, 0.1) is 30.2 Å². The molecule has 0 atom stereocenters. The number of nitrogens with one attached hydrogen (secondary N) is 1. The van der Waals surface area contributed by atoms with Crippen LogP contribution < -0.4 is 5.32 Å². The van der Waals surface area contributed by atoms with Crippen molar-refractivity contribution in [3.63, 3.8) is 0 Å². The molecule has 1 N–H and O–H groups in total. The largest absolute Gasteiger partial charge is 0.460 e. The summed E-state index contributed by atoms with van der Waals surface area (Å²) >= 11 is 0. The number of aryl methyl sites for hydroxylation is 2. The van der Waals surface area contributed by atoms with Crippen LogP contribution in [0.1, 0.15) is 27.9 Å². The number of morpholine rings is 1. The Hall–Kier alpha value is -2.82. The predicted molar refractivity (Wildman–Crippen MR) is 119 cm³/mol. The molecule has 0 bridgehead atoms. The summed E-state index contributed by atoms with van der Waals surface area (Å²) in [7, 11) is -3.88. The second-order valence-electron chi connectivity index (χ2n) is 7.63. The van der Waals surface area contributed by atoms with Gasteiger partial charge >= 0.3 is 5.97 Å². The minimum absolute atomic E-state index is 0.0614. The third-order valence-corrected chi connectivity index (χ3v) is 7.08. The Bertz CT molecular complexity index is 1080. The Morgan fingerprint density at radius 2 is 1.82 bits per heavy atom. The molecule has 2 aromatic carbocycles. The molecule has 0 saturated carbocycles. The average molecular weight is 479 g/mol. The lowest BCUT2D eigenvalue weighted by atomic mass is 10.1. The Morgan fingerprint density at radius 1 is 1.12 bits per heavy atom. The molecule has 10 heteroatoms. The molecule has 0 radical (unpaired) electrons. The van der Waals surface area contributed by atoms with Crippen LogP contribution in [0.3, 0.4) is 0 Å². The monoisotopic (exact) mass is 478 g/mol. The molecule has 0 aliphatic carbocycles. The van der Waals surface area contributed by atoms with Crippen molar-refractivity contribution in [3.8, 4) is 0 Å². The van der Waals surface area contributed by atoms with Crippen molar-refractivity contribution in [2.24, 2.45) is 0 Å². The Kier molecular flexibility index (Phi) is 8.54. The number of esters is 1. The van der Waals surface area contributed by atoms with Crippen LogP contribution in [0, 0.1) is 12.7 Å². The molecule has 0 spiro atoms. The van der Waals surface area contributed by atoms with E-state index in [0.717, 1.165) is 29.3 Å². The number of halogens is 1. The van der Waals surface area contributed by atoms with E-state index in [4.69, 9.17) is 9.47 Å². The van der Waals surface area contributed by atoms with E-state index >= 15 is 0 Å². The molecule has 2 aromatic rings. The molecule has 1 aliphatic rings. The van der Waals surface area contributed by atoms with Gasteiger partial charge in [-0.1, -0.05) is 29.8 Å². The first kappa shape index (κ1) is 24.8. The summed E-state index contributed by atoms with van der Waals surface area (Å²) in [6.07, 6.45) is 0.870. The summed E-state index contributed by atoms with van der Waals surface area (Å²) in [5, 5.41) is 2.64. The lowest BCUT2D eigenvalue weighted by Gasteiger charge is -2.26. The minimum atomic E-state index is -3.88. The molecule has 178 valence electrons. The zero-order valence-corrected chi connectivity index (χ0v) is 19.2. The van der Waals surface area contributed by atoms with Crippen LogP contribution in [-0.4, -0.2) is 64.1 Å². The van der Waals surface area contributed by atoms with Gasteiger partial charge in [-0.15, -0.1) is 0 Å². The van der Waals surface area contributed by atoms with E-state index in [1.165, 1.54) is 4.31 Å². The Labute approximate surface area is 192 Å². The number of benzene rings is 2. The maximum atomic E-state index is 14.2. The molecule has 0 unspecified atom stereocenters. The van der Waals surface area contributed by atoms with Crippen molar-refractivity contribution < 1.29 is 31.9 Å². The highest BCUT2D eigenvalue weighted by atomic mass is 32.2. The highest BCUT2D eigenvalue weighted by Gasteiger charge is 2.28. The number of rotatable bonds is 9. The van der Waals surface area contributed by atoms with E-state index in [9.17, 15) is 22.4 Å². The topological polar surface area (TPSA) is 102 Å². The van der Waals surface area contributed by atoms with Crippen LogP contribution in [0.5, 0.6) is 0 Å². The number of ether oxygens (including phenoxy) is 2. The lowest BCUT2D eigenvalue weighted by Crippen LogP contribution is -2.40. The van der Waals surface area contributed by atoms with Crippen LogP contribution in [0.15, 0.2) is 47.4 Å². The fraction of sp³-hybridized carbons (Fsp3) is 0.391. The normalized spacial score (nSPS) is 14.6. The molecule has 1 saturated heterocycles. The van der Waals surface area contributed by atoms with E-state index in [2.05, 4.69) is 5.32 Å². The molecule has 3 rings (SSSR count). The first-order chi connectivity index (χ1) is 15.8. The maximum Gasteiger partial charge on any atom is 0.341 e. The fourth-order valence-corrected chi connectivity index (χ4v) is 4.70. The standard InChI is InChI=1S/C23H27FN2O6S/c1-17-2-4-18(5-3-17)6-9-22(27)25-10-13-32-23(28)20-16-19(7-8-21(20)24)33(29,30)26-11-14-31-15-12-26/h2-5,7-8,16H,6,9-15H2,1H3,(H,25,27). The Morgan fingerprint density at radius 3 is 2.52 bits per heavy atom. The van der Waals surface area contributed by atoms with Gasteiger partial charge in [0.25, 0.3) is 0 Å². The molecule has 8 nitrogen and oxygen atoms in total. The van der Waals surface area contributed by atoms with Crippen LogP contribution in [0.4, 0.5) is 4.39 Å². The fourth-order valence-electron chi connectivity index (χ4n) is 3.27. The zero-order valence-electron chi connectivity index (χ0n) is 18.4. The van der Waals surface area contributed by atoms with Crippen molar-refractivity contribution >= 4 is 21.9 Å². The van der Waals surface area contributed by atoms with Crippen LogP contribution >= 0.6 is 0 Å². The van der Waals surface area contributed by atoms with Crippen molar-refractivity contribution in [1.82, 2.24) is 9.62 Å². The first-order valence-electron chi connectivity index (χ1n) is 10.6. The van der Waals surface area contributed by atoms with Gasteiger partial charge in [-0.2, -0.15) is 4.31 Å². The summed E-state index contributed by atoms with van der Waals surface area (Å²) in [5.41, 5.74) is 1.71. The number of hydrogen-bond donors (Lipinski definition) is 1. The van der Waals surface area contributed by atoms with Gasteiger partial charge in [0.2, 0.25) is 15.9 Å². The first-order valence-corrected chi connectivity index (χ1v) is 12.1. The van der Waals surface area contributed by atoms with Crippen LogP contribution in [-0.2, 0) is 30.7 Å². The quantitative estimate of drug-likeness (QED) is 0.437. The average Bonchev–Trinajstić information content (AvgIpc) is 2.82. The third-order valence-electron chi connectivity index (χ3n) is 5.18. The van der Waals surface area contributed by atoms with Gasteiger partial charge in [-0.3, -0.25) is 4.79 Å². The van der Waals surface area contributed by atoms with Gasteiger partial charge in [-0.05, 0) is 37.1 Å². The summed E-state index contributed by atoms with van der Waals surface area (Å²) in [6.45, 7) is 2.79. The second kappa shape index (κ2) is 11.4. The van der Waals surface area contributed by atoms with Gasteiger partial charge < -0.3 is 14.8 Å². The van der Waals surface area contributed by atoms with Crippen molar-refractivity contribution in [2.45, 2.75) is 24.7 Å². The SMILES string of the molecule is Cc1ccc(CCC(=O)NCCOC(=O)c2cc(S(=O)(=O)N3CCOCC3)ccc2F)cc1. The molecule has 0 aromatic heterocycles. The lowest BCUT2D eigenvalue weighted by molar-refractivity contribution is -0.121. The number of amides is 1. The summed E-state index contributed by atoms with van der Waals surface area (Å²) < 4.78 is 51.1. The number of carbonyl (C=O) groups is 2. The third kappa shape index (κ3) is 6.83. The van der Waals surface area contributed by atoms with Crippen LogP contribution in [0.25, 0.3) is 0 Å².